The van der Waals surface area contributed by atoms with Crippen molar-refractivity contribution in [1.82, 2.24) is 68.4 Å². The molecule has 85 heavy (non-hydrogen) atoms. The van der Waals surface area contributed by atoms with Crippen LogP contribution < -0.4 is 75.7 Å². The van der Waals surface area contributed by atoms with Crippen LogP contribution in [0.25, 0.3) is 10.9 Å². The molecular formula is C52H73N19O12S2. The third kappa shape index (κ3) is 20.9. The van der Waals surface area contributed by atoms with Gasteiger partial charge >= 0.3 is 12.0 Å². The molecule has 0 aliphatic carbocycles. The summed E-state index contributed by atoms with van der Waals surface area (Å²) in [5.74, 6) is -10.8. The van der Waals surface area contributed by atoms with Crippen molar-refractivity contribution < 1.29 is 57.8 Å². The van der Waals surface area contributed by atoms with E-state index < -0.39 is 145 Å². The van der Waals surface area contributed by atoms with E-state index in [1.165, 1.54) is 6.34 Å². The minimum atomic E-state index is -1.69. The summed E-state index contributed by atoms with van der Waals surface area (Å²) in [5.41, 5.74) is 18.3. The number of carbonyl (C=O) groups is 11. The fourth-order valence-corrected chi connectivity index (χ4v) is 9.65. The topological polar surface area (TPSA) is 497 Å². The average molecular weight is 1220 g/mol. The van der Waals surface area contributed by atoms with E-state index >= 15 is 0 Å². The van der Waals surface area contributed by atoms with Crippen molar-refractivity contribution in [2.45, 2.75) is 112 Å². The van der Waals surface area contributed by atoms with Crippen molar-refractivity contribution in [3.05, 3.63) is 71.9 Å². The molecule has 11 amide bonds. The fourth-order valence-electron chi connectivity index (χ4n) is 9.12. The average Bonchev–Trinajstić information content (AvgIpc) is 4.00. The number of para-hydroxylation sites is 1. The number of benzene rings is 2. The number of urea groups is 1. The monoisotopic (exact) mass is 1220 g/mol. The zero-order chi connectivity index (χ0) is 62.2. The van der Waals surface area contributed by atoms with E-state index in [4.69, 9.17) is 28.0 Å². The number of aromatic nitrogens is 1. The lowest BCUT2D eigenvalue weighted by atomic mass is 10.0. The summed E-state index contributed by atoms with van der Waals surface area (Å²) in [4.78, 5) is 158. The highest BCUT2D eigenvalue weighted by Crippen LogP contribution is 2.20. The number of fused-ring (bicyclic) bond motifs is 1. The highest BCUT2D eigenvalue weighted by atomic mass is 32.1. The van der Waals surface area contributed by atoms with E-state index in [2.05, 4.69) is 93.7 Å². The number of nitrogens with two attached hydrogens (primary N) is 3. The van der Waals surface area contributed by atoms with Crippen LogP contribution >= 0.6 is 25.3 Å². The number of guanidine groups is 2. The molecule has 9 atom stereocenters. The lowest BCUT2D eigenvalue weighted by molar-refractivity contribution is -0.139. The number of amides is 11. The van der Waals surface area contributed by atoms with Gasteiger partial charge in [-0.3, -0.25) is 68.7 Å². The third-order valence-corrected chi connectivity index (χ3v) is 14.3. The Morgan fingerprint density at radius 2 is 1.16 bits per heavy atom. The number of nitrogens with one attached hydrogen (secondary N) is 14. The van der Waals surface area contributed by atoms with Crippen LogP contribution in [0.15, 0.2) is 65.8 Å². The number of hydrogen-bond acceptors (Lipinski definition) is 17. The first-order valence-electron chi connectivity index (χ1n) is 27.0. The standard InChI is InChI=1S/C52H73N19O12S2/c53-42(75)37(24-84)69-46(79)35(19-28-21-61-31-11-5-4-10-30(28)31)67-43(76)32(12-6-16-59-50(54)55)64-45(78)34(18-27-8-2-1-3-9-27)66-47(80)36(20-29-22-58-26-63-29)68-44(77)33(14-15-41(73)74)65-48(81)38(25-85)70-49(82)39(13-7-17-60-51(56)57)71-40(72)23-62-52(71)83/h1-5,8-11,21,26,29,32-39,61,84-85H,6-7,12-20,22-25H2,(H2,53,75)(H,58,63)(H,62,83)(H,64,78)(H,65,81)(H,66,80)(H,67,76)(H,68,77)(H,69,79)(H,70,82)(H,73,74)(H4,54,55,59)(H4,56,57,60)/t29?,32-,33-,34+,35-,36-,37-,38-,39+/m0/s1. The number of H-pyrrole nitrogens is 1. The number of primary amides is 1. The maximum Gasteiger partial charge on any atom is 0.325 e. The second-order valence-corrected chi connectivity index (χ2v) is 20.6. The highest BCUT2D eigenvalue weighted by Gasteiger charge is 2.41. The van der Waals surface area contributed by atoms with Gasteiger partial charge in [-0.25, -0.2) is 4.79 Å². The molecule has 1 saturated heterocycles. The summed E-state index contributed by atoms with van der Waals surface area (Å²) in [6.07, 6.45) is 1.37. The number of hydrogen-bond donors (Lipinski definition) is 20. The molecule has 2 aliphatic heterocycles. The van der Waals surface area contributed by atoms with Gasteiger partial charge in [0.15, 0.2) is 11.9 Å². The van der Waals surface area contributed by atoms with Crippen LogP contribution in [0.1, 0.15) is 56.1 Å². The van der Waals surface area contributed by atoms with Gasteiger partial charge in [-0.15, -0.1) is 0 Å². The minimum absolute atomic E-state index is 0.0718. The third-order valence-electron chi connectivity index (χ3n) is 13.5. The number of aromatic amines is 1. The Morgan fingerprint density at radius 3 is 1.73 bits per heavy atom. The van der Waals surface area contributed by atoms with Crippen LogP contribution in [0, 0.1) is 10.8 Å². The first kappa shape index (κ1) is 66.7. The molecule has 0 spiro atoms. The van der Waals surface area contributed by atoms with E-state index in [0.29, 0.717) is 16.0 Å². The Kier molecular flexibility index (Phi) is 26.1. The zero-order valence-electron chi connectivity index (χ0n) is 46.1. The summed E-state index contributed by atoms with van der Waals surface area (Å²) in [6, 6.07) is 2.48. The molecule has 0 bridgehead atoms. The van der Waals surface area contributed by atoms with Gasteiger partial charge in [0, 0.05) is 67.0 Å². The molecular weight excluding hydrogens is 1150 g/mol. The molecule has 21 N–H and O–H groups in total. The number of nitrogens with zero attached hydrogens (tertiary/aromatic N) is 2. The maximum atomic E-state index is 14.8. The molecule has 1 unspecified atom stereocenters. The Balaban J connectivity index is 1.41. The van der Waals surface area contributed by atoms with Crippen molar-refractivity contribution in [3.63, 3.8) is 0 Å². The summed E-state index contributed by atoms with van der Waals surface area (Å²) >= 11 is 8.36. The molecule has 3 aromatic rings. The normalized spacial score (nSPS) is 16.3. The molecule has 33 heteroatoms. The SMILES string of the molecule is N=C(N)NCCC[C@H](NC(=O)[C@@H](Cc1ccccc1)NC(=O)[C@H](CC1CN=CN1)NC(=O)[C@H](CCC(=O)O)NC(=O)[C@H](CS)NC(=O)[C@@H](CCCNC(=N)N)N1C(=O)CNC1=O)C(=O)N[C@@H](Cc1c[nH]c2ccccc12)C(=O)N[C@@H](CS)C(N)=O. The molecule has 2 aromatic carbocycles. The van der Waals surface area contributed by atoms with Crippen molar-refractivity contribution in [3.8, 4) is 0 Å². The Hall–Kier alpha value is -9.14. The first-order chi connectivity index (χ1) is 40.6. The lowest BCUT2D eigenvalue weighted by Gasteiger charge is -2.29. The van der Waals surface area contributed by atoms with Crippen LogP contribution in [0.3, 0.4) is 0 Å². The van der Waals surface area contributed by atoms with E-state index in [9.17, 15) is 57.8 Å². The molecule has 460 valence electrons. The molecule has 3 heterocycles. The summed E-state index contributed by atoms with van der Waals surface area (Å²) < 4.78 is 0. The Bertz CT molecular complexity index is 2930. The lowest BCUT2D eigenvalue weighted by Crippen LogP contribution is -2.61. The van der Waals surface area contributed by atoms with Gasteiger partial charge in [0.25, 0.3) is 5.91 Å². The molecule has 1 fully saturated rings. The van der Waals surface area contributed by atoms with Crippen LogP contribution in [0.4, 0.5) is 4.79 Å². The largest absolute Gasteiger partial charge is 0.481 e. The Labute approximate surface area is 498 Å². The number of carboxylic acids is 1. The second kappa shape index (κ2) is 33.2. The first-order valence-corrected chi connectivity index (χ1v) is 28.3. The van der Waals surface area contributed by atoms with Crippen molar-refractivity contribution >= 4 is 120 Å². The molecule has 1 aromatic heterocycles. The second-order valence-electron chi connectivity index (χ2n) is 19.9. The molecule has 5 rings (SSSR count). The molecule has 0 radical (unpaired) electrons. The van der Waals surface area contributed by atoms with Crippen molar-refractivity contribution in [2.75, 3.05) is 37.7 Å². The number of carboxylic acid groups (broad SMARTS) is 1. The smallest absolute Gasteiger partial charge is 0.325 e. The maximum absolute atomic E-state index is 14.8. The Morgan fingerprint density at radius 1 is 0.647 bits per heavy atom. The van der Waals surface area contributed by atoms with Crippen LogP contribution in [-0.4, -0.2) is 190 Å². The molecule has 2 aliphatic rings. The highest BCUT2D eigenvalue weighted by molar-refractivity contribution is 7.80. The molecule has 31 nitrogen and oxygen atoms in total. The van der Waals surface area contributed by atoms with Gasteiger partial charge in [-0.1, -0.05) is 48.5 Å². The van der Waals surface area contributed by atoms with Gasteiger partial charge < -0.3 is 85.8 Å². The van der Waals surface area contributed by atoms with Crippen LogP contribution in [0.2, 0.25) is 0 Å². The minimum Gasteiger partial charge on any atom is -0.481 e. The summed E-state index contributed by atoms with van der Waals surface area (Å²) in [6.45, 7) is -0.0978. The fraction of sp³-hybridized carbons (Fsp3) is 0.462. The van der Waals surface area contributed by atoms with Gasteiger partial charge in [0.1, 0.15) is 48.3 Å². The molecule has 0 saturated carbocycles. The van der Waals surface area contributed by atoms with Crippen molar-refractivity contribution in [1.29, 1.82) is 10.8 Å². The van der Waals surface area contributed by atoms with Gasteiger partial charge in [-0.2, -0.15) is 25.3 Å². The summed E-state index contributed by atoms with van der Waals surface area (Å²) in [5, 5.41) is 54.1. The van der Waals surface area contributed by atoms with Crippen LogP contribution in [0.5, 0.6) is 0 Å². The van der Waals surface area contributed by atoms with Gasteiger partial charge in [0.05, 0.1) is 19.4 Å². The van der Waals surface area contributed by atoms with E-state index in [-0.39, 0.29) is 82.3 Å². The van der Waals surface area contributed by atoms with E-state index in [1.807, 2.05) is 6.07 Å². The number of rotatable bonds is 35. The number of imide groups is 1. The van der Waals surface area contributed by atoms with E-state index in [1.54, 1.807) is 54.7 Å². The quantitative estimate of drug-likeness (QED) is 0.00866. The number of aliphatic imine (C=N–C) groups is 1. The number of thiol groups is 2. The van der Waals surface area contributed by atoms with Gasteiger partial charge in [0.2, 0.25) is 47.3 Å². The predicted octanol–water partition coefficient (Wildman–Crippen LogP) is -4.61. The van der Waals surface area contributed by atoms with Crippen molar-refractivity contribution in [2.24, 2.45) is 22.2 Å². The van der Waals surface area contributed by atoms with E-state index in [0.717, 1.165) is 10.9 Å². The number of carbonyl (C=O) groups excluding carboxylic acids is 10. The number of aliphatic carboxylic acids is 1. The van der Waals surface area contributed by atoms with Gasteiger partial charge in [-0.05, 0) is 55.7 Å². The zero-order valence-corrected chi connectivity index (χ0v) is 47.9. The summed E-state index contributed by atoms with van der Waals surface area (Å²) in [7, 11) is 0. The van der Waals surface area contributed by atoms with Crippen LogP contribution in [-0.2, 0) is 60.8 Å². The predicted molar refractivity (Wildman–Crippen MR) is 317 cm³/mol.